The van der Waals surface area contributed by atoms with Gasteiger partial charge in [0.2, 0.25) is 5.91 Å². The molecule has 24 heavy (non-hydrogen) atoms. The van der Waals surface area contributed by atoms with Gasteiger partial charge in [-0.15, -0.1) is 0 Å². The number of piperazine rings is 1. The molecule has 2 amide bonds. The fourth-order valence-electron chi connectivity index (χ4n) is 3.46. The van der Waals surface area contributed by atoms with Gasteiger partial charge in [-0.3, -0.25) is 14.5 Å². The maximum absolute atomic E-state index is 12.7. The highest BCUT2D eigenvalue weighted by molar-refractivity contribution is 5.96. The summed E-state index contributed by atoms with van der Waals surface area (Å²) < 4.78 is 5.17. The quantitative estimate of drug-likeness (QED) is 0.819. The third-order valence-corrected chi connectivity index (χ3v) is 4.96. The number of rotatable bonds is 4. The van der Waals surface area contributed by atoms with Crippen LogP contribution >= 0.6 is 0 Å². The van der Waals surface area contributed by atoms with Crippen molar-refractivity contribution in [2.24, 2.45) is 0 Å². The third-order valence-electron chi connectivity index (χ3n) is 4.96. The van der Waals surface area contributed by atoms with E-state index < -0.39 is 0 Å². The molecular formula is C17H26N4O3. The monoisotopic (exact) mass is 334 g/mol. The SMILES string of the molecule is CCc1noc(C)c1C(=O)N1CCN(CC(=O)N2CCCC2)CC1. The highest BCUT2D eigenvalue weighted by atomic mass is 16.5. The maximum atomic E-state index is 12.7. The number of aromatic nitrogens is 1. The van der Waals surface area contributed by atoms with Gasteiger partial charge < -0.3 is 14.3 Å². The van der Waals surface area contributed by atoms with Crippen LogP contribution in [-0.2, 0) is 11.2 Å². The van der Waals surface area contributed by atoms with Crippen LogP contribution in [0.5, 0.6) is 0 Å². The smallest absolute Gasteiger partial charge is 0.259 e. The standard InChI is InChI=1S/C17H26N4O3/c1-3-14-16(13(2)24-18-14)17(23)21-10-8-19(9-11-21)12-15(22)20-6-4-5-7-20/h3-12H2,1-2H3. The molecule has 1 aromatic rings. The van der Waals surface area contributed by atoms with Crippen molar-refractivity contribution in [1.29, 1.82) is 0 Å². The zero-order valence-corrected chi connectivity index (χ0v) is 14.6. The van der Waals surface area contributed by atoms with Gasteiger partial charge >= 0.3 is 0 Å². The second-order valence-electron chi connectivity index (χ2n) is 6.57. The van der Waals surface area contributed by atoms with Crippen LogP contribution in [0, 0.1) is 6.92 Å². The van der Waals surface area contributed by atoms with Crippen LogP contribution in [0.3, 0.4) is 0 Å². The van der Waals surface area contributed by atoms with Gasteiger partial charge in [0.1, 0.15) is 11.3 Å². The van der Waals surface area contributed by atoms with Crippen molar-refractivity contribution in [3.05, 3.63) is 17.0 Å². The lowest BCUT2D eigenvalue weighted by Gasteiger charge is -2.35. The van der Waals surface area contributed by atoms with E-state index in [1.165, 1.54) is 0 Å². The number of carbonyl (C=O) groups is 2. The van der Waals surface area contributed by atoms with E-state index in [9.17, 15) is 9.59 Å². The van der Waals surface area contributed by atoms with E-state index in [1.807, 2.05) is 16.7 Å². The molecule has 2 aliphatic heterocycles. The minimum Gasteiger partial charge on any atom is -0.361 e. The lowest BCUT2D eigenvalue weighted by Crippen LogP contribution is -2.51. The zero-order chi connectivity index (χ0) is 17.1. The zero-order valence-electron chi connectivity index (χ0n) is 14.6. The first-order valence-electron chi connectivity index (χ1n) is 8.84. The molecule has 7 nitrogen and oxygen atoms in total. The summed E-state index contributed by atoms with van der Waals surface area (Å²) in [5.41, 5.74) is 1.34. The van der Waals surface area contributed by atoms with Crippen LogP contribution in [0.25, 0.3) is 0 Å². The van der Waals surface area contributed by atoms with Crippen LogP contribution in [0.1, 0.15) is 41.6 Å². The molecule has 2 fully saturated rings. The summed E-state index contributed by atoms with van der Waals surface area (Å²) in [4.78, 5) is 30.9. The van der Waals surface area contributed by atoms with Gasteiger partial charge in [0.15, 0.2) is 0 Å². The second-order valence-corrected chi connectivity index (χ2v) is 6.57. The molecule has 2 saturated heterocycles. The van der Waals surface area contributed by atoms with Crippen molar-refractivity contribution in [1.82, 2.24) is 19.9 Å². The number of hydrogen-bond donors (Lipinski definition) is 0. The van der Waals surface area contributed by atoms with Gasteiger partial charge in [-0.25, -0.2) is 0 Å². The van der Waals surface area contributed by atoms with Crippen molar-refractivity contribution < 1.29 is 14.1 Å². The van der Waals surface area contributed by atoms with Crippen molar-refractivity contribution in [3.63, 3.8) is 0 Å². The van der Waals surface area contributed by atoms with Crippen LogP contribution < -0.4 is 0 Å². The summed E-state index contributed by atoms with van der Waals surface area (Å²) in [6, 6.07) is 0. The van der Waals surface area contributed by atoms with E-state index >= 15 is 0 Å². The highest BCUT2D eigenvalue weighted by Gasteiger charge is 2.28. The molecule has 0 aromatic carbocycles. The molecule has 0 bridgehead atoms. The van der Waals surface area contributed by atoms with Crippen molar-refractivity contribution >= 4 is 11.8 Å². The Balaban J connectivity index is 1.54. The predicted octanol–water partition coefficient (Wildman–Crippen LogP) is 0.926. The Labute approximate surface area is 142 Å². The molecule has 0 N–H and O–H groups in total. The van der Waals surface area contributed by atoms with Crippen LogP contribution in [0.4, 0.5) is 0 Å². The summed E-state index contributed by atoms with van der Waals surface area (Å²) in [5, 5.41) is 3.97. The molecule has 7 heteroatoms. The maximum Gasteiger partial charge on any atom is 0.259 e. The molecule has 0 atom stereocenters. The Kier molecular flexibility index (Phi) is 5.18. The number of nitrogens with zero attached hydrogens (tertiary/aromatic N) is 4. The second kappa shape index (κ2) is 7.34. The Morgan fingerprint density at radius 2 is 1.71 bits per heavy atom. The number of likely N-dealkylation sites (tertiary alicyclic amines) is 1. The van der Waals surface area contributed by atoms with E-state index in [1.54, 1.807) is 6.92 Å². The normalized spacial score (nSPS) is 19.1. The first-order valence-corrected chi connectivity index (χ1v) is 8.84. The van der Waals surface area contributed by atoms with E-state index in [2.05, 4.69) is 10.1 Å². The summed E-state index contributed by atoms with van der Waals surface area (Å²) >= 11 is 0. The van der Waals surface area contributed by atoms with Crippen molar-refractivity contribution in [2.75, 3.05) is 45.8 Å². The molecule has 2 aliphatic rings. The largest absolute Gasteiger partial charge is 0.361 e. The van der Waals surface area contributed by atoms with Crippen LogP contribution in [0.2, 0.25) is 0 Å². The Bertz CT molecular complexity index is 599. The van der Waals surface area contributed by atoms with Crippen LogP contribution in [-0.4, -0.2) is 77.5 Å². The molecule has 132 valence electrons. The van der Waals surface area contributed by atoms with E-state index in [-0.39, 0.29) is 11.8 Å². The molecule has 0 aliphatic carbocycles. The van der Waals surface area contributed by atoms with Gasteiger partial charge in [0.25, 0.3) is 5.91 Å². The first kappa shape index (κ1) is 17.0. The minimum atomic E-state index is -0.00359. The molecule has 0 spiro atoms. The number of carbonyl (C=O) groups excluding carboxylic acids is 2. The number of aryl methyl sites for hydroxylation is 2. The average molecular weight is 334 g/mol. The number of hydrogen-bond acceptors (Lipinski definition) is 5. The molecule has 0 unspecified atom stereocenters. The third kappa shape index (κ3) is 3.45. The van der Waals surface area contributed by atoms with E-state index in [0.717, 1.165) is 44.7 Å². The van der Waals surface area contributed by atoms with Gasteiger partial charge in [-0.1, -0.05) is 12.1 Å². The molecule has 0 radical (unpaired) electrons. The Morgan fingerprint density at radius 3 is 2.33 bits per heavy atom. The highest BCUT2D eigenvalue weighted by Crippen LogP contribution is 2.18. The average Bonchev–Trinajstić information content (AvgIpc) is 3.24. The van der Waals surface area contributed by atoms with E-state index in [4.69, 9.17) is 4.52 Å². The lowest BCUT2D eigenvalue weighted by molar-refractivity contribution is -0.131. The molecule has 3 heterocycles. The summed E-state index contributed by atoms with van der Waals surface area (Å²) in [6.45, 7) is 8.75. The summed E-state index contributed by atoms with van der Waals surface area (Å²) in [7, 11) is 0. The van der Waals surface area contributed by atoms with Crippen LogP contribution in [0.15, 0.2) is 4.52 Å². The topological polar surface area (TPSA) is 69.9 Å². The van der Waals surface area contributed by atoms with E-state index in [0.29, 0.717) is 37.4 Å². The van der Waals surface area contributed by atoms with Gasteiger partial charge in [0, 0.05) is 39.3 Å². The fourth-order valence-corrected chi connectivity index (χ4v) is 3.46. The molecule has 3 rings (SSSR count). The summed E-state index contributed by atoms with van der Waals surface area (Å²) in [5.74, 6) is 0.801. The number of amides is 2. The molecular weight excluding hydrogens is 308 g/mol. The fraction of sp³-hybridized carbons (Fsp3) is 0.706. The van der Waals surface area contributed by atoms with Gasteiger partial charge in [-0.2, -0.15) is 0 Å². The predicted molar refractivity (Wildman–Crippen MR) is 88.8 cm³/mol. The Hall–Kier alpha value is -1.89. The minimum absolute atomic E-state index is 0.00359. The molecule has 1 aromatic heterocycles. The van der Waals surface area contributed by atoms with Crippen molar-refractivity contribution in [2.45, 2.75) is 33.1 Å². The van der Waals surface area contributed by atoms with Gasteiger partial charge in [0.05, 0.1) is 12.2 Å². The first-order chi connectivity index (χ1) is 11.6. The Morgan fingerprint density at radius 1 is 1.04 bits per heavy atom. The molecule has 0 saturated carbocycles. The summed E-state index contributed by atoms with van der Waals surface area (Å²) in [6.07, 6.45) is 2.92. The van der Waals surface area contributed by atoms with Gasteiger partial charge in [-0.05, 0) is 26.2 Å². The lowest BCUT2D eigenvalue weighted by atomic mass is 10.1. The van der Waals surface area contributed by atoms with Crippen molar-refractivity contribution in [3.8, 4) is 0 Å².